The summed E-state index contributed by atoms with van der Waals surface area (Å²) in [6.45, 7) is 0. The van der Waals surface area contributed by atoms with Crippen molar-refractivity contribution in [3.63, 3.8) is 0 Å². The minimum Gasteiger partial charge on any atom is -0.504 e. The summed E-state index contributed by atoms with van der Waals surface area (Å²) in [5, 5.41) is 18.3. The zero-order chi connectivity index (χ0) is 11.4. The third kappa shape index (κ3) is 2.35. The van der Waals surface area contributed by atoms with Crippen LogP contribution in [0.2, 0.25) is 0 Å². The molecule has 0 aliphatic heterocycles. The Balaban J connectivity index is 2.92. The molecule has 0 unspecified atom stereocenters. The lowest BCUT2D eigenvalue weighted by Crippen LogP contribution is -2.32. The maximum absolute atomic E-state index is 11.2. The van der Waals surface area contributed by atoms with Gasteiger partial charge >= 0.3 is 12.1 Å². The van der Waals surface area contributed by atoms with Gasteiger partial charge in [0.15, 0.2) is 11.5 Å². The first-order chi connectivity index (χ1) is 7.06. The summed E-state index contributed by atoms with van der Waals surface area (Å²) in [6, 6.07) is 3.67. The second-order valence-corrected chi connectivity index (χ2v) is 2.49. The predicted molar refractivity (Wildman–Crippen MR) is 47.9 cm³/mol. The molecule has 1 amide bonds. The van der Waals surface area contributed by atoms with E-state index in [1.54, 1.807) is 5.43 Å². The molecule has 1 aromatic rings. The molecule has 0 saturated heterocycles. The number of hydrogen-bond acceptors (Lipinski definition) is 6. The van der Waals surface area contributed by atoms with Crippen molar-refractivity contribution in [3.05, 3.63) is 23.8 Å². The van der Waals surface area contributed by atoms with Gasteiger partial charge in [-0.2, -0.15) is 0 Å². The molecule has 0 aliphatic carbocycles. The van der Waals surface area contributed by atoms with Gasteiger partial charge in [-0.3, -0.25) is 5.43 Å². The molecule has 0 fully saturated rings. The average Bonchev–Trinajstić information content (AvgIpc) is 2.21. The van der Waals surface area contributed by atoms with Gasteiger partial charge in [0.1, 0.15) is 5.56 Å². The minimum atomic E-state index is -1.16. The van der Waals surface area contributed by atoms with E-state index >= 15 is 0 Å². The van der Waals surface area contributed by atoms with E-state index in [2.05, 4.69) is 10.6 Å². The predicted octanol–water partition coefficient (Wildman–Crippen LogP) is -0.162. The van der Waals surface area contributed by atoms with Gasteiger partial charge < -0.3 is 14.9 Å². The van der Waals surface area contributed by atoms with Crippen LogP contribution >= 0.6 is 0 Å². The first-order valence-electron chi connectivity index (χ1n) is 3.80. The molecule has 0 heterocycles. The lowest BCUT2D eigenvalue weighted by molar-refractivity contribution is 0.0619. The lowest BCUT2D eigenvalue weighted by atomic mass is 10.2. The Morgan fingerprint density at radius 2 is 2.00 bits per heavy atom. The molecule has 7 nitrogen and oxygen atoms in total. The fourth-order valence-corrected chi connectivity index (χ4v) is 0.865. The van der Waals surface area contributed by atoms with Crippen LogP contribution in [0.15, 0.2) is 18.2 Å². The Labute approximate surface area is 84.0 Å². The monoisotopic (exact) mass is 212 g/mol. The smallest absolute Gasteiger partial charge is 0.429 e. The normalized spacial score (nSPS) is 9.40. The molecule has 15 heavy (non-hydrogen) atoms. The molecule has 0 aromatic heterocycles. The van der Waals surface area contributed by atoms with E-state index in [1.165, 1.54) is 18.2 Å². The number of amides is 1. The van der Waals surface area contributed by atoms with Crippen LogP contribution < -0.4 is 11.3 Å². The maximum Gasteiger partial charge on any atom is 0.429 e. The number of phenols is 2. The zero-order valence-corrected chi connectivity index (χ0v) is 7.43. The highest BCUT2D eigenvalue weighted by Gasteiger charge is 2.17. The number of rotatable bonds is 1. The molecule has 80 valence electrons. The minimum absolute atomic E-state index is 0.335. The van der Waals surface area contributed by atoms with Gasteiger partial charge in [-0.15, -0.1) is 0 Å². The highest BCUT2D eigenvalue weighted by atomic mass is 16.6. The number of hydrogen-bond donors (Lipinski definition) is 4. The van der Waals surface area contributed by atoms with E-state index in [0.717, 1.165) is 0 Å². The van der Waals surface area contributed by atoms with Crippen molar-refractivity contribution in [1.29, 1.82) is 0 Å². The summed E-state index contributed by atoms with van der Waals surface area (Å²) >= 11 is 0. The SMILES string of the molecule is NNC(=O)OC(=O)c1cccc(O)c1O. The maximum atomic E-state index is 11.2. The molecule has 0 radical (unpaired) electrons. The van der Waals surface area contributed by atoms with Crippen molar-refractivity contribution >= 4 is 12.1 Å². The highest BCUT2D eigenvalue weighted by molar-refractivity contribution is 5.98. The van der Waals surface area contributed by atoms with Gasteiger partial charge in [0.25, 0.3) is 0 Å². The first kappa shape index (κ1) is 10.8. The largest absolute Gasteiger partial charge is 0.504 e. The molecule has 0 aliphatic rings. The Morgan fingerprint density at radius 1 is 1.33 bits per heavy atom. The number of esters is 1. The second-order valence-electron chi connectivity index (χ2n) is 2.49. The topological polar surface area (TPSA) is 122 Å². The Bertz CT molecular complexity index is 404. The first-order valence-corrected chi connectivity index (χ1v) is 3.80. The van der Waals surface area contributed by atoms with Crippen molar-refractivity contribution in [3.8, 4) is 11.5 Å². The zero-order valence-electron chi connectivity index (χ0n) is 7.43. The molecule has 0 atom stereocenters. The molecule has 0 spiro atoms. The number of nitrogens with two attached hydrogens (primary N) is 1. The molecule has 0 saturated carbocycles. The Kier molecular flexibility index (Phi) is 3.09. The van der Waals surface area contributed by atoms with E-state index in [0.29, 0.717) is 0 Å². The van der Waals surface area contributed by atoms with Gasteiger partial charge in [-0.05, 0) is 12.1 Å². The lowest BCUT2D eigenvalue weighted by Gasteiger charge is -2.04. The molecule has 7 heteroatoms. The summed E-state index contributed by atoms with van der Waals surface area (Å²) in [4.78, 5) is 21.7. The highest BCUT2D eigenvalue weighted by Crippen LogP contribution is 2.28. The number of carbonyl (C=O) groups excluding carboxylic acids is 2. The standard InChI is InChI=1S/C8H8N2O5/c9-10-8(14)15-7(13)4-2-1-3-5(11)6(4)12/h1-3,11-12H,9H2,(H,10,14). The van der Waals surface area contributed by atoms with Crippen molar-refractivity contribution in [2.75, 3.05) is 0 Å². The van der Waals surface area contributed by atoms with Crippen LogP contribution in [0.1, 0.15) is 10.4 Å². The average molecular weight is 212 g/mol. The van der Waals surface area contributed by atoms with Gasteiger partial charge in [-0.1, -0.05) is 6.07 Å². The Morgan fingerprint density at radius 3 is 2.60 bits per heavy atom. The third-order valence-electron chi connectivity index (χ3n) is 1.54. The van der Waals surface area contributed by atoms with E-state index in [1.807, 2.05) is 0 Å². The summed E-state index contributed by atoms with van der Waals surface area (Å²) < 4.78 is 4.14. The number of carbonyl (C=O) groups is 2. The van der Waals surface area contributed by atoms with Crippen LogP contribution in [0.4, 0.5) is 4.79 Å². The number of phenolic OH excluding ortho intramolecular Hbond substituents is 2. The molecule has 1 rings (SSSR count). The fourth-order valence-electron chi connectivity index (χ4n) is 0.865. The van der Waals surface area contributed by atoms with Crippen LogP contribution in [0.25, 0.3) is 0 Å². The van der Waals surface area contributed by atoms with Crippen LogP contribution in [-0.2, 0) is 4.74 Å². The van der Waals surface area contributed by atoms with Gasteiger partial charge in [0.05, 0.1) is 0 Å². The van der Waals surface area contributed by atoms with Crippen molar-refractivity contribution in [1.82, 2.24) is 5.43 Å². The second kappa shape index (κ2) is 4.29. The molecule has 5 N–H and O–H groups in total. The van der Waals surface area contributed by atoms with Crippen molar-refractivity contribution in [2.24, 2.45) is 5.84 Å². The third-order valence-corrected chi connectivity index (χ3v) is 1.54. The van der Waals surface area contributed by atoms with E-state index < -0.39 is 23.6 Å². The summed E-state index contributed by atoms with van der Waals surface area (Å²) in [5.41, 5.74) is 1.24. The van der Waals surface area contributed by atoms with Crippen molar-refractivity contribution in [2.45, 2.75) is 0 Å². The van der Waals surface area contributed by atoms with Crippen LogP contribution in [-0.4, -0.2) is 22.3 Å². The Hall–Kier alpha value is -2.28. The number of para-hydroxylation sites is 1. The number of aromatic hydroxyl groups is 2. The van der Waals surface area contributed by atoms with Crippen LogP contribution in [0.3, 0.4) is 0 Å². The van der Waals surface area contributed by atoms with Gasteiger partial charge in [-0.25, -0.2) is 15.4 Å². The number of hydrazine groups is 1. The molecular weight excluding hydrogens is 204 g/mol. The van der Waals surface area contributed by atoms with E-state index in [9.17, 15) is 14.7 Å². The van der Waals surface area contributed by atoms with Crippen LogP contribution in [0, 0.1) is 0 Å². The van der Waals surface area contributed by atoms with Gasteiger partial charge in [0.2, 0.25) is 0 Å². The molecule has 0 bridgehead atoms. The molecule has 1 aromatic carbocycles. The summed E-state index contributed by atoms with van der Waals surface area (Å²) in [5.74, 6) is 2.41. The number of ether oxygens (including phenoxy) is 1. The fraction of sp³-hybridized carbons (Fsp3) is 0. The quantitative estimate of drug-likeness (QED) is 0.128. The number of nitrogens with one attached hydrogen (secondary N) is 1. The van der Waals surface area contributed by atoms with Crippen molar-refractivity contribution < 1.29 is 24.5 Å². The van der Waals surface area contributed by atoms with E-state index in [-0.39, 0.29) is 5.56 Å². The van der Waals surface area contributed by atoms with Gasteiger partial charge in [0, 0.05) is 0 Å². The number of benzene rings is 1. The van der Waals surface area contributed by atoms with Crippen LogP contribution in [0.5, 0.6) is 11.5 Å². The summed E-state index contributed by atoms with van der Waals surface area (Å²) in [6.07, 6.45) is -1.16. The molecular formula is C8H8N2O5. The van der Waals surface area contributed by atoms with E-state index in [4.69, 9.17) is 5.11 Å². The summed E-state index contributed by atoms with van der Waals surface area (Å²) in [7, 11) is 0.